The Morgan fingerprint density at radius 2 is 2.00 bits per heavy atom. The zero-order valence-electron chi connectivity index (χ0n) is 8.60. The van der Waals surface area contributed by atoms with Crippen LogP contribution in [-0.4, -0.2) is 45.4 Å². The summed E-state index contributed by atoms with van der Waals surface area (Å²) in [6.07, 6.45) is 0. The average Bonchev–Trinajstić information content (AvgIpc) is 2.32. The van der Waals surface area contributed by atoms with E-state index < -0.39 is 0 Å². The minimum absolute atomic E-state index is 0.0944. The monoisotopic (exact) mass is 295 g/mol. The Kier molecular flexibility index (Phi) is 3.43. The fourth-order valence-corrected chi connectivity index (χ4v) is 2.16. The van der Waals surface area contributed by atoms with Crippen LogP contribution in [-0.2, 0) is 0 Å². The SMILES string of the molecule is CC(C)(C)N1CCN(CCI)C1=N. The summed E-state index contributed by atoms with van der Waals surface area (Å²) >= 11 is 2.36. The predicted molar refractivity (Wildman–Crippen MR) is 64.6 cm³/mol. The van der Waals surface area contributed by atoms with Crippen LogP contribution in [0.25, 0.3) is 0 Å². The van der Waals surface area contributed by atoms with E-state index in [4.69, 9.17) is 5.41 Å². The van der Waals surface area contributed by atoms with Gasteiger partial charge in [-0.1, -0.05) is 22.6 Å². The van der Waals surface area contributed by atoms with Gasteiger partial charge in [-0.05, 0) is 20.8 Å². The van der Waals surface area contributed by atoms with E-state index in [1.54, 1.807) is 0 Å². The number of hydrogen-bond acceptors (Lipinski definition) is 1. The van der Waals surface area contributed by atoms with Crippen molar-refractivity contribution in [3.63, 3.8) is 0 Å². The van der Waals surface area contributed by atoms with Gasteiger partial charge in [0.25, 0.3) is 0 Å². The summed E-state index contributed by atoms with van der Waals surface area (Å²) in [5, 5.41) is 7.97. The lowest BCUT2D eigenvalue weighted by Crippen LogP contribution is -2.44. The van der Waals surface area contributed by atoms with Gasteiger partial charge >= 0.3 is 0 Å². The van der Waals surface area contributed by atoms with E-state index in [1.807, 2.05) is 0 Å². The third-order valence-corrected chi connectivity index (χ3v) is 2.80. The standard InChI is InChI=1S/C9H18IN3/c1-9(2,3)13-7-6-12(5-4-10)8(13)11/h11H,4-7H2,1-3H3. The molecule has 4 heteroatoms. The normalized spacial score (nSPS) is 18.6. The molecule has 0 amide bonds. The molecule has 1 aliphatic rings. The number of rotatable bonds is 2. The summed E-state index contributed by atoms with van der Waals surface area (Å²) in [5.41, 5.74) is 0.0944. The van der Waals surface area contributed by atoms with Crippen molar-refractivity contribution in [2.75, 3.05) is 24.1 Å². The van der Waals surface area contributed by atoms with E-state index in [0.717, 1.165) is 24.1 Å². The summed E-state index contributed by atoms with van der Waals surface area (Å²) in [4.78, 5) is 4.32. The lowest BCUT2D eigenvalue weighted by Gasteiger charge is -2.33. The Bertz CT molecular complexity index is 198. The Morgan fingerprint density at radius 3 is 2.38 bits per heavy atom. The van der Waals surface area contributed by atoms with Gasteiger partial charge in [0.1, 0.15) is 0 Å². The minimum Gasteiger partial charge on any atom is -0.340 e. The second-order valence-electron chi connectivity index (χ2n) is 4.32. The van der Waals surface area contributed by atoms with E-state index in [2.05, 4.69) is 53.2 Å². The van der Waals surface area contributed by atoms with Crippen molar-refractivity contribution in [1.29, 1.82) is 5.41 Å². The van der Waals surface area contributed by atoms with Crippen molar-refractivity contribution in [3.05, 3.63) is 0 Å². The van der Waals surface area contributed by atoms with Crippen LogP contribution < -0.4 is 0 Å². The smallest absolute Gasteiger partial charge is 0.194 e. The second kappa shape index (κ2) is 4.02. The molecule has 0 bridgehead atoms. The van der Waals surface area contributed by atoms with Crippen LogP contribution in [0.15, 0.2) is 0 Å². The van der Waals surface area contributed by atoms with Crippen LogP contribution in [0.3, 0.4) is 0 Å². The van der Waals surface area contributed by atoms with Crippen molar-refractivity contribution in [2.24, 2.45) is 0 Å². The fourth-order valence-electron chi connectivity index (χ4n) is 1.58. The molecule has 0 aromatic heterocycles. The van der Waals surface area contributed by atoms with Crippen molar-refractivity contribution in [2.45, 2.75) is 26.3 Å². The topological polar surface area (TPSA) is 30.3 Å². The lowest BCUT2D eigenvalue weighted by molar-refractivity contribution is 0.257. The number of halogens is 1. The summed E-state index contributed by atoms with van der Waals surface area (Å²) in [5.74, 6) is 0.698. The highest BCUT2D eigenvalue weighted by atomic mass is 127. The van der Waals surface area contributed by atoms with E-state index in [9.17, 15) is 0 Å². The second-order valence-corrected chi connectivity index (χ2v) is 5.40. The predicted octanol–water partition coefficient (Wildman–Crippen LogP) is 1.77. The van der Waals surface area contributed by atoms with Crippen LogP contribution in [0.2, 0.25) is 0 Å². The maximum atomic E-state index is 7.97. The maximum Gasteiger partial charge on any atom is 0.194 e. The highest BCUT2D eigenvalue weighted by Crippen LogP contribution is 2.19. The molecule has 0 radical (unpaired) electrons. The molecule has 0 saturated carbocycles. The molecule has 0 aliphatic carbocycles. The van der Waals surface area contributed by atoms with Gasteiger partial charge < -0.3 is 9.80 Å². The van der Waals surface area contributed by atoms with Crippen LogP contribution in [0, 0.1) is 5.41 Å². The van der Waals surface area contributed by atoms with Gasteiger partial charge in [-0.15, -0.1) is 0 Å². The highest BCUT2D eigenvalue weighted by Gasteiger charge is 2.32. The van der Waals surface area contributed by atoms with E-state index in [0.29, 0.717) is 5.96 Å². The molecule has 1 aliphatic heterocycles. The molecular weight excluding hydrogens is 277 g/mol. The molecule has 76 valence electrons. The molecule has 0 spiro atoms. The van der Waals surface area contributed by atoms with Crippen LogP contribution >= 0.6 is 22.6 Å². The molecule has 1 heterocycles. The average molecular weight is 295 g/mol. The zero-order chi connectivity index (χ0) is 10.1. The summed E-state index contributed by atoms with van der Waals surface area (Å²) < 4.78 is 1.10. The van der Waals surface area contributed by atoms with Gasteiger partial charge in [-0.25, -0.2) is 0 Å². The highest BCUT2D eigenvalue weighted by molar-refractivity contribution is 14.1. The molecule has 3 nitrogen and oxygen atoms in total. The van der Waals surface area contributed by atoms with Crippen molar-refractivity contribution in [1.82, 2.24) is 9.80 Å². The van der Waals surface area contributed by atoms with Gasteiger partial charge in [-0.3, -0.25) is 5.41 Å². The third-order valence-electron chi connectivity index (χ3n) is 2.31. The van der Waals surface area contributed by atoms with Gasteiger partial charge in [0.2, 0.25) is 0 Å². The molecule has 13 heavy (non-hydrogen) atoms. The molecule has 1 rings (SSSR count). The van der Waals surface area contributed by atoms with Crippen molar-refractivity contribution < 1.29 is 0 Å². The quantitative estimate of drug-likeness (QED) is 0.622. The van der Waals surface area contributed by atoms with Crippen molar-refractivity contribution in [3.8, 4) is 0 Å². The largest absolute Gasteiger partial charge is 0.340 e. The molecular formula is C9H18IN3. The molecule has 1 saturated heterocycles. The third kappa shape index (κ3) is 2.48. The van der Waals surface area contributed by atoms with Crippen LogP contribution in [0.4, 0.5) is 0 Å². The first kappa shape index (κ1) is 11.1. The number of hydrogen-bond donors (Lipinski definition) is 1. The van der Waals surface area contributed by atoms with E-state index >= 15 is 0 Å². The fraction of sp³-hybridized carbons (Fsp3) is 0.889. The summed E-state index contributed by atoms with van der Waals surface area (Å²) in [7, 11) is 0. The zero-order valence-corrected chi connectivity index (χ0v) is 10.8. The first-order valence-corrected chi connectivity index (χ1v) is 6.16. The summed E-state index contributed by atoms with van der Waals surface area (Å²) in [6.45, 7) is 9.50. The van der Waals surface area contributed by atoms with E-state index in [1.165, 1.54) is 0 Å². The number of alkyl halides is 1. The molecule has 0 unspecified atom stereocenters. The molecule has 0 aromatic carbocycles. The van der Waals surface area contributed by atoms with Crippen LogP contribution in [0.1, 0.15) is 20.8 Å². The molecule has 1 N–H and O–H groups in total. The Hall–Kier alpha value is -0.0000000000000000555. The minimum atomic E-state index is 0.0944. The molecule has 1 fully saturated rings. The number of guanidine groups is 1. The van der Waals surface area contributed by atoms with E-state index in [-0.39, 0.29) is 5.54 Å². The Labute approximate surface area is 94.1 Å². The van der Waals surface area contributed by atoms with Gasteiger partial charge in [0, 0.05) is 29.6 Å². The number of nitrogens with zero attached hydrogens (tertiary/aromatic N) is 2. The van der Waals surface area contributed by atoms with Crippen molar-refractivity contribution >= 4 is 28.6 Å². The van der Waals surface area contributed by atoms with Gasteiger partial charge in [0.15, 0.2) is 5.96 Å². The molecule has 0 atom stereocenters. The first-order chi connectivity index (χ1) is 5.96. The van der Waals surface area contributed by atoms with Crippen LogP contribution in [0.5, 0.6) is 0 Å². The Balaban J connectivity index is 2.60. The first-order valence-electron chi connectivity index (χ1n) is 4.64. The molecule has 0 aromatic rings. The maximum absolute atomic E-state index is 7.97. The Morgan fingerprint density at radius 1 is 1.38 bits per heavy atom. The number of nitrogens with one attached hydrogen (secondary N) is 1. The summed E-state index contributed by atoms with van der Waals surface area (Å²) in [6, 6.07) is 0. The van der Waals surface area contributed by atoms with Gasteiger partial charge in [-0.2, -0.15) is 0 Å². The van der Waals surface area contributed by atoms with Gasteiger partial charge in [0.05, 0.1) is 0 Å². The lowest BCUT2D eigenvalue weighted by atomic mass is 10.1.